The Morgan fingerprint density at radius 2 is 2.04 bits per heavy atom. The van der Waals surface area contributed by atoms with E-state index in [1.54, 1.807) is 24.5 Å². The normalized spacial score (nSPS) is 17.1. The summed E-state index contributed by atoms with van der Waals surface area (Å²) in [4.78, 5) is 36.0. The summed E-state index contributed by atoms with van der Waals surface area (Å²) in [6, 6.07) is 3.46. The van der Waals surface area contributed by atoms with Crippen molar-refractivity contribution in [2.75, 3.05) is 11.9 Å². The van der Waals surface area contributed by atoms with Crippen LogP contribution in [0.2, 0.25) is 0 Å². The van der Waals surface area contributed by atoms with Gasteiger partial charge in [0.05, 0.1) is 12.2 Å². The largest absolute Gasteiger partial charge is 0.333 e. The quantitative estimate of drug-likeness (QED) is 0.930. The molecule has 2 amide bonds. The highest BCUT2D eigenvalue weighted by Gasteiger charge is 2.28. The summed E-state index contributed by atoms with van der Waals surface area (Å²) in [5.74, 6) is 0.240. The van der Waals surface area contributed by atoms with Crippen LogP contribution in [0.5, 0.6) is 0 Å². The number of fused-ring (bicyclic) bond motifs is 1. The van der Waals surface area contributed by atoms with E-state index in [-0.39, 0.29) is 17.7 Å². The fraction of sp³-hybridized carbons (Fsp3) is 0.412. The van der Waals surface area contributed by atoms with E-state index >= 15 is 0 Å². The lowest BCUT2D eigenvalue weighted by atomic mass is 9.85. The van der Waals surface area contributed by atoms with E-state index in [1.165, 1.54) is 11.3 Å². The van der Waals surface area contributed by atoms with Gasteiger partial charge >= 0.3 is 0 Å². The SMILES string of the molecule is O=C(Nc1nc2c(s1)CN(C(=O)c1ccncc1)CC2)C1CCC1. The van der Waals surface area contributed by atoms with Crippen LogP contribution in [-0.2, 0) is 17.8 Å². The summed E-state index contributed by atoms with van der Waals surface area (Å²) >= 11 is 1.48. The Kier molecular flexibility index (Phi) is 4.02. The molecule has 1 aliphatic heterocycles. The number of amides is 2. The third-order valence-corrected chi connectivity index (χ3v) is 5.65. The van der Waals surface area contributed by atoms with Crippen LogP contribution in [0.1, 0.15) is 40.2 Å². The molecule has 124 valence electrons. The van der Waals surface area contributed by atoms with Gasteiger partial charge in [0.1, 0.15) is 0 Å². The number of rotatable bonds is 3. The van der Waals surface area contributed by atoms with Crippen molar-refractivity contribution in [2.45, 2.75) is 32.2 Å². The Hall–Kier alpha value is -2.28. The number of anilines is 1. The Morgan fingerprint density at radius 3 is 2.75 bits per heavy atom. The second-order valence-electron chi connectivity index (χ2n) is 6.22. The number of hydrogen-bond acceptors (Lipinski definition) is 5. The number of aromatic nitrogens is 2. The van der Waals surface area contributed by atoms with Crippen molar-refractivity contribution in [1.82, 2.24) is 14.9 Å². The predicted molar refractivity (Wildman–Crippen MR) is 90.8 cm³/mol. The van der Waals surface area contributed by atoms with Crippen LogP contribution in [0.3, 0.4) is 0 Å². The van der Waals surface area contributed by atoms with Gasteiger partial charge in [-0.05, 0) is 25.0 Å². The smallest absolute Gasteiger partial charge is 0.254 e. The first-order valence-electron chi connectivity index (χ1n) is 8.19. The van der Waals surface area contributed by atoms with Gasteiger partial charge in [-0.25, -0.2) is 4.98 Å². The molecule has 2 aromatic rings. The third kappa shape index (κ3) is 2.91. The lowest BCUT2D eigenvalue weighted by molar-refractivity contribution is -0.122. The van der Waals surface area contributed by atoms with Crippen molar-refractivity contribution >= 4 is 28.3 Å². The number of hydrogen-bond donors (Lipinski definition) is 1. The predicted octanol–water partition coefficient (Wildman–Crippen LogP) is 2.48. The van der Waals surface area contributed by atoms with Gasteiger partial charge in [-0.1, -0.05) is 17.8 Å². The number of carbonyl (C=O) groups excluding carboxylic acids is 2. The maximum Gasteiger partial charge on any atom is 0.254 e. The van der Waals surface area contributed by atoms with E-state index in [0.717, 1.165) is 36.3 Å². The Balaban J connectivity index is 1.45. The number of nitrogens with one attached hydrogen (secondary N) is 1. The lowest BCUT2D eigenvalue weighted by Crippen LogP contribution is -2.35. The van der Waals surface area contributed by atoms with Crippen LogP contribution in [0, 0.1) is 5.92 Å². The molecular formula is C17H18N4O2S. The minimum Gasteiger partial charge on any atom is -0.333 e. The van der Waals surface area contributed by atoms with Crippen LogP contribution in [-0.4, -0.2) is 33.2 Å². The summed E-state index contributed by atoms with van der Waals surface area (Å²) in [7, 11) is 0. The topological polar surface area (TPSA) is 75.2 Å². The van der Waals surface area contributed by atoms with Gasteiger partial charge in [-0.2, -0.15) is 0 Å². The van der Waals surface area contributed by atoms with Crippen molar-refractivity contribution in [3.8, 4) is 0 Å². The molecular weight excluding hydrogens is 324 g/mol. The van der Waals surface area contributed by atoms with Gasteiger partial charge in [0.25, 0.3) is 5.91 Å². The van der Waals surface area contributed by atoms with Crippen LogP contribution in [0.15, 0.2) is 24.5 Å². The first kappa shape index (κ1) is 15.3. The number of nitrogens with zero attached hydrogens (tertiary/aromatic N) is 3. The third-order valence-electron chi connectivity index (χ3n) is 4.65. The Bertz CT molecular complexity index is 770. The molecule has 1 fully saturated rings. The average molecular weight is 342 g/mol. The fourth-order valence-electron chi connectivity index (χ4n) is 2.98. The molecule has 0 unspecified atom stereocenters. The average Bonchev–Trinajstić information content (AvgIpc) is 2.94. The molecule has 1 N–H and O–H groups in total. The van der Waals surface area contributed by atoms with Crippen LogP contribution >= 0.6 is 11.3 Å². The maximum absolute atomic E-state index is 12.5. The molecule has 2 aromatic heterocycles. The minimum absolute atomic E-state index is 0.0107. The first-order valence-corrected chi connectivity index (χ1v) is 9.01. The van der Waals surface area contributed by atoms with E-state index < -0.39 is 0 Å². The van der Waals surface area contributed by atoms with Gasteiger partial charge in [-0.3, -0.25) is 14.6 Å². The Morgan fingerprint density at radius 1 is 1.25 bits per heavy atom. The Labute approximate surface area is 143 Å². The lowest BCUT2D eigenvalue weighted by Gasteiger charge is -2.26. The molecule has 0 aromatic carbocycles. The zero-order chi connectivity index (χ0) is 16.5. The highest BCUT2D eigenvalue weighted by Crippen LogP contribution is 2.31. The first-order chi connectivity index (χ1) is 11.7. The molecule has 0 atom stereocenters. The molecule has 0 spiro atoms. The van der Waals surface area contributed by atoms with E-state index in [1.807, 2.05) is 4.90 Å². The molecule has 4 rings (SSSR count). The summed E-state index contributed by atoms with van der Waals surface area (Å²) in [6.07, 6.45) is 7.07. The van der Waals surface area contributed by atoms with Gasteiger partial charge in [0.15, 0.2) is 5.13 Å². The molecule has 6 nitrogen and oxygen atoms in total. The number of carbonyl (C=O) groups is 2. The molecule has 7 heteroatoms. The van der Waals surface area contributed by atoms with E-state index in [2.05, 4.69) is 15.3 Å². The van der Waals surface area contributed by atoms with Crippen molar-refractivity contribution in [3.05, 3.63) is 40.7 Å². The molecule has 24 heavy (non-hydrogen) atoms. The molecule has 1 aliphatic carbocycles. The molecule has 0 bridgehead atoms. The van der Waals surface area contributed by atoms with E-state index in [0.29, 0.717) is 23.8 Å². The molecule has 3 heterocycles. The van der Waals surface area contributed by atoms with Crippen molar-refractivity contribution in [2.24, 2.45) is 5.92 Å². The zero-order valence-corrected chi connectivity index (χ0v) is 14.0. The summed E-state index contributed by atoms with van der Waals surface area (Å²) in [5.41, 5.74) is 1.65. The molecule has 0 saturated heterocycles. The van der Waals surface area contributed by atoms with Gasteiger partial charge < -0.3 is 10.2 Å². The van der Waals surface area contributed by atoms with Crippen LogP contribution < -0.4 is 5.32 Å². The summed E-state index contributed by atoms with van der Waals surface area (Å²) in [6.45, 7) is 1.20. The van der Waals surface area contributed by atoms with Crippen LogP contribution in [0.25, 0.3) is 0 Å². The van der Waals surface area contributed by atoms with Gasteiger partial charge in [0.2, 0.25) is 5.91 Å². The zero-order valence-electron chi connectivity index (χ0n) is 13.2. The van der Waals surface area contributed by atoms with Crippen molar-refractivity contribution < 1.29 is 9.59 Å². The highest BCUT2D eigenvalue weighted by atomic mass is 32.1. The highest BCUT2D eigenvalue weighted by molar-refractivity contribution is 7.15. The van der Waals surface area contributed by atoms with Crippen molar-refractivity contribution in [3.63, 3.8) is 0 Å². The molecule has 1 saturated carbocycles. The molecule has 2 aliphatic rings. The second-order valence-corrected chi connectivity index (χ2v) is 7.30. The van der Waals surface area contributed by atoms with Gasteiger partial charge in [-0.15, -0.1) is 0 Å². The van der Waals surface area contributed by atoms with Crippen molar-refractivity contribution in [1.29, 1.82) is 0 Å². The minimum atomic E-state index is 0.0107. The maximum atomic E-state index is 12.5. The monoisotopic (exact) mass is 342 g/mol. The number of thiazole rings is 1. The molecule has 0 radical (unpaired) electrons. The standard InChI is InChI=1S/C17H18N4O2S/c22-15(11-2-1-3-11)20-17-19-13-6-9-21(10-14(13)24-17)16(23)12-4-7-18-8-5-12/h4-5,7-8,11H,1-3,6,9-10H2,(H,19,20,22). The van der Waals surface area contributed by atoms with E-state index in [4.69, 9.17) is 0 Å². The summed E-state index contributed by atoms with van der Waals surface area (Å²) in [5, 5.41) is 3.60. The second kappa shape index (κ2) is 6.32. The van der Waals surface area contributed by atoms with Gasteiger partial charge in [0, 0.05) is 41.7 Å². The van der Waals surface area contributed by atoms with Crippen LogP contribution in [0.4, 0.5) is 5.13 Å². The fourth-order valence-corrected chi connectivity index (χ4v) is 4.00. The summed E-state index contributed by atoms with van der Waals surface area (Å²) < 4.78 is 0. The number of pyridine rings is 1. The van der Waals surface area contributed by atoms with E-state index in [9.17, 15) is 9.59 Å².